The Hall–Kier alpha value is -2.37. The number of hydrogen-bond acceptors (Lipinski definition) is 5. The molecule has 1 aliphatic heterocycles. The molecule has 6 nitrogen and oxygen atoms in total. The summed E-state index contributed by atoms with van der Waals surface area (Å²) in [6, 6.07) is 5.48. The van der Waals surface area contributed by atoms with E-state index in [2.05, 4.69) is 10.2 Å². The van der Waals surface area contributed by atoms with Gasteiger partial charge in [0.15, 0.2) is 0 Å². The van der Waals surface area contributed by atoms with Gasteiger partial charge >= 0.3 is 0 Å². The number of ether oxygens (including phenoxy) is 1. The van der Waals surface area contributed by atoms with Gasteiger partial charge in [0.25, 0.3) is 5.91 Å². The molecule has 0 aliphatic carbocycles. The Bertz CT molecular complexity index is 694. The van der Waals surface area contributed by atoms with Gasteiger partial charge in [-0.3, -0.25) is 4.79 Å². The smallest absolute Gasteiger partial charge is 0.257 e. The van der Waals surface area contributed by atoms with Crippen molar-refractivity contribution in [1.82, 2.24) is 15.1 Å². The lowest BCUT2D eigenvalue weighted by Gasteiger charge is -2.32. The third-order valence-corrected chi connectivity index (χ3v) is 4.00. The topological polar surface area (TPSA) is 68.5 Å². The minimum Gasteiger partial charge on any atom is -0.471 e. The maximum Gasteiger partial charge on any atom is 0.257 e. The normalized spacial score (nSPS) is 18.0. The minimum absolute atomic E-state index is 0.00244. The molecule has 23 heavy (non-hydrogen) atoms. The van der Waals surface area contributed by atoms with Crippen LogP contribution in [0, 0.1) is 20.8 Å². The molecule has 1 atom stereocenters. The number of rotatable bonds is 3. The first-order chi connectivity index (χ1) is 11.0. The van der Waals surface area contributed by atoms with Crippen molar-refractivity contribution in [1.29, 1.82) is 0 Å². The van der Waals surface area contributed by atoms with Crippen molar-refractivity contribution in [3.8, 4) is 5.88 Å². The summed E-state index contributed by atoms with van der Waals surface area (Å²) in [5, 5.41) is 8.02. The predicted molar refractivity (Wildman–Crippen MR) is 84.5 cm³/mol. The van der Waals surface area contributed by atoms with E-state index in [0.717, 1.165) is 30.8 Å². The molecule has 2 aromatic rings. The van der Waals surface area contributed by atoms with Gasteiger partial charge in [-0.15, -0.1) is 5.10 Å². The van der Waals surface area contributed by atoms with E-state index in [1.165, 1.54) is 0 Å². The molecule has 0 spiro atoms. The highest BCUT2D eigenvalue weighted by Gasteiger charge is 2.27. The maximum atomic E-state index is 12.7. The Morgan fingerprint density at radius 2 is 2.13 bits per heavy atom. The Morgan fingerprint density at radius 3 is 2.78 bits per heavy atom. The van der Waals surface area contributed by atoms with Crippen LogP contribution in [0.1, 0.15) is 40.4 Å². The number of aromatic nitrogens is 2. The first-order valence-electron chi connectivity index (χ1n) is 7.86. The summed E-state index contributed by atoms with van der Waals surface area (Å²) in [6.45, 7) is 6.84. The Balaban J connectivity index is 1.67. The van der Waals surface area contributed by atoms with Crippen LogP contribution in [0.3, 0.4) is 0 Å². The van der Waals surface area contributed by atoms with Gasteiger partial charge in [0, 0.05) is 12.6 Å². The quantitative estimate of drug-likeness (QED) is 0.871. The number of nitrogens with zero attached hydrogens (tertiary/aromatic N) is 3. The molecule has 1 amide bonds. The molecule has 2 aromatic heterocycles. The standard InChI is InChI=1S/C17H21N3O3/c1-11-6-7-16(19-18-11)23-14-5-4-8-20(10-14)17(21)15-9-12(2)22-13(15)3/h6-7,9,14H,4-5,8,10H2,1-3H3/t14-/m0/s1. The summed E-state index contributed by atoms with van der Waals surface area (Å²) in [4.78, 5) is 14.5. The van der Waals surface area contributed by atoms with Crippen LogP contribution in [0.4, 0.5) is 0 Å². The van der Waals surface area contributed by atoms with E-state index in [-0.39, 0.29) is 12.0 Å². The molecular weight excluding hydrogens is 294 g/mol. The minimum atomic E-state index is -0.0574. The molecule has 0 saturated carbocycles. The van der Waals surface area contributed by atoms with E-state index >= 15 is 0 Å². The van der Waals surface area contributed by atoms with E-state index < -0.39 is 0 Å². The highest BCUT2D eigenvalue weighted by atomic mass is 16.5. The summed E-state index contributed by atoms with van der Waals surface area (Å²) in [6.07, 6.45) is 1.76. The zero-order chi connectivity index (χ0) is 16.4. The summed E-state index contributed by atoms with van der Waals surface area (Å²) in [5.74, 6) is 1.93. The lowest BCUT2D eigenvalue weighted by molar-refractivity contribution is 0.0524. The molecule has 0 radical (unpaired) electrons. The SMILES string of the molecule is Cc1ccc(O[C@H]2CCCN(C(=O)c3cc(C)oc3C)C2)nn1. The third-order valence-electron chi connectivity index (χ3n) is 4.00. The van der Waals surface area contributed by atoms with Gasteiger partial charge in [-0.25, -0.2) is 0 Å². The van der Waals surface area contributed by atoms with Gasteiger partial charge in [0.1, 0.15) is 17.6 Å². The first-order valence-corrected chi connectivity index (χ1v) is 7.86. The summed E-state index contributed by atoms with van der Waals surface area (Å²) < 4.78 is 11.3. The van der Waals surface area contributed by atoms with E-state index in [4.69, 9.17) is 9.15 Å². The molecule has 0 N–H and O–H groups in total. The second-order valence-corrected chi connectivity index (χ2v) is 5.97. The zero-order valence-electron chi connectivity index (χ0n) is 13.7. The summed E-state index contributed by atoms with van der Waals surface area (Å²) in [5.41, 5.74) is 1.49. The number of piperidine rings is 1. The number of likely N-dealkylation sites (tertiary alicyclic amines) is 1. The highest BCUT2D eigenvalue weighted by molar-refractivity contribution is 5.95. The van der Waals surface area contributed by atoms with Crippen molar-refractivity contribution in [2.24, 2.45) is 0 Å². The number of aryl methyl sites for hydroxylation is 3. The molecule has 0 unspecified atom stereocenters. The fraction of sp³-hybridized carbons (Fsp3) is 0.471. The largest absolute Gasteiger partial charge is 0.471 e. The van der Waals surface area contributed by atoms with E-state index in [0.29, 0.717) is 23.7 Å². The van der Waals surface area contributed by atoms with E-state index in [1.807, 2.05) is 37.8 Å². The molecule has 3 heterocycles. The summed E-state index contributed by atoms with van der Waals surface area (Å²) in [7, 11) is 0. The third kappa shape index (κ3) is 3.52. The molecule has 122 valence electrons. The van der Waals surface area contributed by atoms with Gasteiger partial charge in [-0.1, -0.05) is 0 Å². The van der Waals surface area contributed by atoms with E-state index in [9.17, 15) is 4.79 Å². The van der Waals surface area contributed by atoms with Crippen molar-refractivity contribution >= 4 is 5.91 Å². The lowest BCUT2D eigenvalue weighted by Crippen LogP contribution is -2.44. The van der Waals surface area contributed by atoms with Crippen LogP contribution < -0.4 is 4.74 Å². The fourth-order valence-electron chi connectivity index (χ4n) is 2.85. The highest BCUT2D eigenvalue weighted by Crippen LogP contribution is 2.21. The van der Waals surface area contributed by atoms with Crippen LogP contribution in [0.25, 0.3) is 0 Å². The number of carbonyl (C=O) groups is 1. The monoisotopic (exact) mass is 315 g/mol. The van der Waals surface area contributed by atoms with Gasteiger partial charge in [0.05, 0.1) is 17.8 Å². The van der Waals surface area contributed by atoms with Crippen molar-refractivity contribution in [3.05, 3.63) is 41.0 Å². The number of hydrogen-bond donors (Lipinski definition) is 0. The van der Waals surface area contributed by atoms with Gasteiger partial charge < -0.3 is 14.1 Å². The van der Waals surface area contributed by atoms with Crippen molar-refractivity contribution in [3.63, 3.8) is 0 Å². The number of furan rings is 1. The maximum absolute atomic E-state index is 12.7. The molecule has 0 bridgehead atoms. The van der Waals surface area contributed by atoms with Crippen LogP contribution >= 0.6 is 0 Å². The average Bonchev–Trinajstić information content (AvgIpc) is 2.88. The fourth-order valence-corrected chi connectivity index (χ4v) is 2.85. The lowest BCUT2D eigenvalue weighted by atomic mass is 10.1. The molecule has 0 aromatic carbocycles. The van der Waals surface area contributed by atoms with Crippen molar-refractivity contribution < 1.29 is 13.9 Å². The van der Waals surface area contributed by atoms with Crippen LogP contribution in [0.2, 0.25) is 0 Å². The predicted octanol–water partition coefficient (Wildman–Crippen LogP) is 2.68. The molecule has 1 saturated heterocycles. The number of carbonyl (C=O) groups excluding carboxylic acids is 1. The Morgan fingerprint density at radius 1 is 1.30 bits per heavy atom. The van der Waals surface area contributed by atoms with Crippen LogP contribution in [-0.2, 0) is 0 Å². The first kappa shape index (κ1) is 15.5. The number of amides is 1. The second-order valence-electron chi connectivity index (χ2n) is 5.97. The van der Waals surface area contributed by atoms with E-state index in [1.54, 1.807) is 6.07 Å². The van der Waals surface area contributed by atoms with Crippen molar-refractivity contribution in [2.45, 2.75) is 39.7 Å². The van der Waals surface area contributed by atoms with Crippen LogP contribution in [-0.4, -0.2) is 40.2 Å². The second kappa shape index (κ2) is 6.40. The van der Waals surface area contributed by atoms with Crippen LogP contribution in [0.15, 0.2) is 22.6 Å². The van der Waals surface area contributed by atoms with Crippen molar-refractivity contribution in [2.75, 3.05) is 13.1 Å². The van der Waals surface area contributed by atoms with Crippen LogP contribution in [0.5, 0.6) is 5.88 Å². The summed E-state index contributed by atoms with van der Waals surface area (Å²) >= 11 is 0. The molecule has 1 fully saturated rings. The molecule has 3 rings (SSSR count). The average molecular weight is 315 g/mol. The Kier molecular flexibility index (Phi) is 4.32. The zero-order valence-corrected chi connectivity index (χ0v) is 13.7. The van der Waals surface area contributed by atoms with Gasteiger partial charge in [0.2, 0.25) is 5.88 Å². The molecule has 6 heteroatoms. The molecule has 1 aliphatic rings. The van der Waals surface area contributed by atoms with Gasteiger partial charge in [-0.2, -0.15) is 5.10 Å². The van der Waals surface area contributed by atoms with Gasteiger partial charge in [-0.05, 0) is 45.7 Å². The Labute approximate surface area is 135 Å². The molecular formula is C17H21N3O3.